The third-order valence-corrected chi connectivity index (χ3v) is 8.23. The first-order valence-electron chi connectivity index (χ1n) is 8.57. The zero-order valence-electron chi connectivity index (χ0n) is 16.4. The fraction of sp³-hybridized carbons (Fsp3) is 0.800. The third-order valence-electron chi connectivity index (χ3n) is 2.75. The summed E-state index contributed by atoms with van der Waals surface area (Å²) in [4.78, 5) is 0. The second kappa shape index (κ2) is 17.7. The molecular formula is C15H26ClN4O5P3. The molecule has 13 heteroatoms. The highest BCUT2D eigenvalue weighted by atomic mass is 35.7. The van der Waals surface area contributed by atoms with Crippen LogP contribution >= 0.6 is 36.1 Å². The molecule has 0 saturated carbocycles. The SMILES string of the molecule is CC(C)N(C(C)C)P(OP(Cl)OCCC#N)OP(OCCC#N)OCCC#N. The predicted molar refractivity (Wildman–Crippen MR) is 109 cm³/mol. The summed E-state index contributed by atoms with van der Waals surface area (Å²) in [5.74, 6) is 0. The van der Waals surface area contributed by atoms with Crippen LogP contribution in [0.3, 0.4) is 0 Å². The highest BCUT2D eigenvalue weighted by Gasteiger charge is 2.34. The van der Waals surface area contributed by atoms with Crippen molar-refractivity contribution in [2.45, 2.75) is 59.0 Å². The van der Waals surface area contributed by atoms with E-state index in [0.29, 0.717) is 0 Å². The molecule has 2 atom stereocenters. The van der Waals surface area contributed by atoms with Gasteiger partial charge in [0.15, 0.2) is 0 Å². The standard InChI is InChI=1S/C15H26ClN4O5P3/c1-14(2)20(15(3)4)27(24-26(16)21-11-5-8-17)25-28(22-12-6-9-18)23-13-7-10-19/h14-15H,5-7,11-13H2,1-4H3. The van der Waals surface area contributed by atoms with E-state index in [-0.39, 0.29) is 51.2 Å². The molecule has 0 spiro atoms. The maximum absolute atomic E-state index is 8.70. The maximum Gasteiger partial charge on any atom is 0.339 e. The Hall–Kier alpha value is -0.190. The Morgan fingerprint density at radius 3 is 1.61 bits per heavy atom. The minimum atomic E-state index is -1.85. The number of nitriles is 3. The fourth-order valence-electron chi connectivity index (χ4n) is 1.79. The summed E-state index contributed by atoms with van der Waals surface area (Å²) in [5, 5.41) is 26.0. The smallest absolute Gasteiger partial charge is 0.321 e. The van der Waals surface area contributed by atoms with Crippen LogP contribution < -0.4 is 0 Å². The van der Waals surface area contributed by atoms with Gasteiger partial charge >= 0.3 is 8.60 Å². The number of hydrogen-bond acceptors (Lipinski definition) is 9. The molecule has 2 unspecified atom stereocenters. The van der Waals surface area contributed by atoms with Crippen LogP contribution in [0.2, 0.25) is 0 Å². The van der Waals surface area contributed by atoms with Gasteiger partial charge in [-0.15, -0.1) is 0 Å². The Bertz CT molecular complexity index is 513. The van der Waals surface area contributed by atoms with Crippen molar-refractivity contribution < 1.29 is 22.2 Å². The maximum atomic E-state index is 8.70. The summed E-state index contributed by atoms with van der Waals surface area (Å²) in [6.45, 7) is 8.39. The van der Waals surface area contributed by atoms with Crippen molar-refractivity contribution in [2.24, 2.45) is 0 Å². The lowest BCUT2D eigenvalue weighted by Crippen LogP contribution is -2.33. The summed E-state index contributed by atoms with van der Waals surface area (Å²) < 4.78 is 30.2. The Balaban J connectivity index is 5.20. The minimum Gasteiger partial charge on any atom is -0.321 e. The van der Waals surface area contributed by atoms with Crippen LogP contribution in [0.4, 0.5) is 0 Å². The molecule has 0 aliphatic carbocycles. The monoisotopic (exact) mass is 470 g/mol. The van der Waals surface area contributed by atoms with Gasteiger partial charge in [-0.1, -0.05) is 0 Å². The van der Waals surface area contributed by atoms with E-state index in [0.717, 1.165) is 0 Å². The van der Waals surface area contributed by atoms with Gasteiger partial charge < -0.3 is 13.6 Å². The van der Waals surface area contributed by atoms with Gasteiger partial charge in [-0.3, -0.25) is 4.31 Å². The average Bonchev–Trinajstić information content (AvgIpc) is 2.61. The Morgan fingerprint density at radius 1 is 0.786 bits per heavy atom. The van der Waals surface area contributed by atoms with Gasteiger partial charge in [-0.2, -0.15) is 15.8 Å². The van der Waals surface area contributed by atoms with Gasteiger partial charge in [0.05, 0.1) is 57.3 Å². The van der Waals surface area contributed by atoms with E-state index in [1.54, 1.807) is 0 Å². The third kappa shape index (κ3) is 13.1. The van der Waals surface area contributed by atoms with Crippen LogP contribution in [0, 0.1) is 34.0 Å². The number of rotatable bonds is 16. The predicted octanol–water partition coefficient (Wildman–Crippen LogP) is 5.85. The molecular weight excluding hydrogens is 445 g/mol. The van der Waals surface area contributed by atoms with Crippen LogP contribution in [0.5, 0.6) is 0 Å². The first-order chi connectivity index (χ1) is 13.4. The van der Waals surface area contributed by atoms with Gasteiger partial charge in [0.25, 0.3) is 16.3 Å². The largest absolute Gasteiger partial charge is 0.339 e. The molecule has 0 heterocycles. The minimum absolute atomic E-state index is 0.0698. The van der Waals surface area contributed by atoms with Crippen molar-refractivity contribution in [3.8, 4) is 18.2 Å². The van der Waals surface area contributed by atoms with Gasteiger partial charge in [0.1, 0.15) is 0 Å². The lowest BCUT2D eigenvalue weighted by atomic mass is 10.3. The second-order valence-electron chi connectivity index (χ2n) is 5.63. The summed E-state index contributed by atoms with van der Waals surface area (Å²) in [6, 6.07) is 6.08. The molecule has 0 aromatic heterocycles. The fourth-order valence-corrected chi connectivity index (χ4v) is 6.54. The van der Waals surface area contributed by atoms with Crippen molar-refractivity contribution in [2.75, 3.05) is 19.8 Å². The van der Waals surface area contributed by atoms with Crippen LogP contribution in [-0.4, -0.2) is 36.6 Å². The topological polar surface area (TPSA) is 121 Å². The molecule has 0 aliphatic heterocycles. The first kappa shape index (κ1) is 27.8. The molecule has 158 valence electrons. The van der Waals surface area contributed by atoms with Crippen molar-refractivity contribution in [3.05, 3.63) is 0 Å². The van der Waals surface area contributed by atoms with E-state index >= 15 is 0 Å². The lowest BCUT2D eigenvalue weighted by Gasteiger charge is -2.36. The Labute approximate surface area is 176 Å². The zero-order valence-corrected chi connectivity index (χ0v) is 19.9. The molecule has 0 aromatic rings. The molecule has 0 rings (SSSR count). The summed E-state index contributed by atoms with van der Waals surface area (Å²) >= 11 is 6.16. The number of hydrogen-bond donors (Lipinski definition) is 0. The lowest BCUT2D eigenvalue weighted by molar-refractivity contribution is 0.196. The second-order valence-corrected chi connectivity index (χ2v) is 10.3. The van der Waals surface area contributed by atoms with Gasteiger partial charge in [-0.05, 0) is 38.9 Å². The summed E-state index contributed by atoms with van der Waals surface area (Å²) in [5.41, 5.74) is 0. The molecule has 0 aromatic carbocycles. The highest BCUT2D eigenvalue weighted by Crippen LogP contribution is 2.65. The summed E-state index contributed by atoms with van der Waals surface area (Å²) in [7, 11) is -5.36. The van der Waals surface area contributed by atoms with E-state index in [1.807, 2.05) is 50.6 Å². The van der Waals surface area contributed by atoms with E-state index in [4.69, 9.17) is 49.2 Å². The molecule has 0 radical (unpaired) electrons. The van der Waals surface area contributed by atoms with E-state index in [1.165, 1.54) is 0 Å². The highest BCUT2D eigenvalue weighted by molar-refractivity contribution is 7.80. The number of halogens is 1. The Kier molecular flexibility index (Phi) is 17.5. The van der Waals surface area contributed by atoms with Gasteiger partial charge in [0.2, 0.25) is 0 Å². The summed E-state index contributed by atoms with van der Waals surface area (Å²) in [6.07, 6.45) is 0.563. The van der Waals surface area contributed by atoms with Crippen LogP contribution in [0.25, 0.3) is 0 Å². The van der Waals surface area contributed by atoms with Crippen molar-refractivity contribution >= 4 is 36.1 Å². The quantitative estimate of drug-likeness (QED) is 0.202. The van der Waals surface area contributed by atoms with E-state index in [2.05, 4.69) is 0 Å². The molecule has 0 saturated heterocycles. The number of nitrogens with zero attached hydrogens (tertiary/aromatic N) is 4. The van der Waals surface area contributed by atoms with Crippen LogP contribution in [0.1, 0.15) is 47.0 Å². The van der Waals surface area contributed by atoms with E-state index < -0.39 is 24.9 Å². The first-order valence-corrected chi connectivity index (χ1v) is 12.9. The molecule has 0 bridgehead atoms. The average molecular weight is 471 g/mol. The Morgan fingerprint density at radius 2 is 1.21 bits per heavy atom. The molecule has 9 nitrogen and oxygen atoms in total. The van der Waals surface area contributed by atoms with Crippen LogP contribution in [-0.2, 0) is 22.2 Å². The van der Waals surface area contributed by atoms with Crippen molar-refractivity contribution in [1.29, 1.82) is 15.8 Å². The molecule has 0 N–H and O–H groups in total. The molecule has 28 heavy (non-hydrogen) atoms. The zero-order chi connectivity index (χ0) is 21.4. The normalized spacial score (nSPS) is 13.5. The van der Waals surface area contributed by atoms with Gasteiger partial charge in [-0.25, -0.2) is 8.98 Å². The van der Waals surface area contributed by atoms with Crippen molar-refractivity contribution in [1.82, 2.24) is 4.67 Å². The van der Waals surface area contributed by atoms with E-state index in [9.17, 15) is 0 Å². The van der Waals surface area contributed by atoms with Crippen LogP contribution in [0.15, 0.2) is 0 Å². The van der Waals surface area contributed by atoms with Crippen molar-refractivity contribution in [3.63, 3.8) is 0 Å². The van der Waals surface area contributed by atoms with Gasteiger partial charge in [0, 0.05) is 12.1 Å². The molecule has 0 aliphatic rings. The molecule has 0 fully saturated rings. The molecule has 0 amide bonds.